The molecule has 0 fully saturated rings. The van der Waals surface area contributed by atoms with Crippen molar-refractivity contribution in [2.75, 3.05) is 32.9 Å². The van der Waals surface area contributed by atoms with Crippen LogP contribution in [0.4, 0.5) is 4.39 Å². The molecule has 0 saturated carbocycles. The second-order valence-electron chi connectivity index (χ2n) is 4.43. The molecule has 0 unspecified atom stereocenters. The smallest absolute Gasteiger partial charge is 0.332 e. The van der Waals surface area contributed by atoms with Gasteiger partial charge in [-0.15, -0.1) is 0 Å². The van der Waals surface area contributed by atoms with Crippen LogP contribution >= 0.6 is 0 Å². The van der Waals surface area contributed by atoms with E-state index in [0.29, 0.717) is 19.8 Å². The number of esters is 1. The molecule has 0 aliphatic carbocycles. The van der Waals surface area contributed by atoms with Crippen molar-refractivity contribution >= 4 is 5.97 Å². The van der Waals surface area contributed by atoms with Crippen molar-refractivity contribution in [1.29, 1.82) is 0 Å². The Hall–Kier alpha value is -1.46. The van der Waals surface area contributed by atoms with Crippen LogP contribution in [0.25, 0.3) is 0 Å². The average Bonchev–Trinajstić information content (AvgIpc) is 2.40. The zero-order chi connectivity index (χ0) is 14.8. The molecule has 0 aromatic heterocycles. The summed E-state index contributed by atoms with van der Waals surface area (Å²) in [4.78, 5) is 11.0. The third kappa shape index (κ3) is 6.63. The van der Waals surface area contributed by atoms with Gasteiger partial charge in [-0.3, -0.25) is 0 Å². The Bertz CT molecular complexity index is 424. The SMILES string of the molecule is CCOC(=O)COCCNCCc1ccc(F)cc1C. The first-order valence-corrected chi connectivity index (χ1v) is 6.82. The van der Waals surface area contributed by atoms with Gasteiger partial charge in [-0.2, -0.15) is 0 Å². The van der Waals surface area contributed by atoms with Crippen LogP contribution < -0.4 is 5.32 Å². The van der Waals surface area contributed by atoms with Crippen LogP contribution in [0.5, 0.6) is 0 Å². The van der Waals surface area contributed by atoms with E-state index < -0.39 is 0 Å². The number of ether oxygens (including phenoxy) is 2. The topological polar surface area (TPSA) is 47.6 Å². The second kappa shape index (κ2) is 9.44. The zero-order valence-corrected chi connectivity index (χ0v) is 12.1. The van der Waals surface area contributed by atoms with E-state index in [0.717, 1.165) is 24.1 Å². The fourth-order valence-corrected chi connectivity index (χ4v) is 1.79. The average molecular weight is 283 g/mol. The van der Waals surface area contributed by atoms with Crippen molar-refractivity contribution in [3.8, 4) is 0 Å². The van der Waals surface area contributed by atoms with Crippen LogP contribution in [0.1, 0.15) is 18.1 Å². The number of carbonyl (C=O) groups is 1. The minimum Gasteiger partial charge on any atom is -0.464 e. The number of hydrogen-bond acceptors (Lipinski definition) is 4. The molecule has 0 bridgehead atoms. The standard InChI is InChI=1S/C15H22FNO3/c1-3-20-15(18)11-19-9-8-17-7-6-13-4-5-14(16)10-12(13)2/h4-5,10,17H,3,6-9,11H2,1-2H3. The Morgan fingerprint density at radius 3 is 2.85 bits per heavy atom. The Balaban J connectivity index is 2.06. The summed E-state index contributed by atoms with van der Waals surface area (Å²) in [6, 6.07) is 4.83. The molecule has 20 heavy (non-hydrogen) atoms. The van der Waals surface area contributed by atoms with Gasteiger partial charge in [-0.25, -0.2) is 9.18 Å². The minimum absolute atomic E-state index is 0.00735. The lowest BCUT2D eigenvalue weighted by Gasteiger charge is -2.08. The highest BCUT2D eigenvalue weighted by molar-refractivity contribution is 5.70. The molecular weight excluding hydrogens is 261 g/mol. The number of nitrogens with one attached hydrogen (secondary N) is 1. The molecule has 4 nitrogen and oxygen atoms in total. The summed E-state index contributed by atoms with van der Waals surface area (Å²) in [5, 5.41) is 3.21. The second-order valence-corrected chi connectivity index (χ2v) is 4.43. The summed E-state index contributed by atoms with van der Waals surface area (Å²) < 4.78 is 22.8. The van der Waals surface area contributed by atoms with Crippen molar-refractivity contribution in [1.82, 2.24) is 5.32 Å². The van der Waals surface area contributed by atoms with Gasteiger partial charge in [0.1, 0.15) is 12.4 Å². The molecule has 0 heterocycles. The monoisotopic (exact) mass is 283 g/mol. The van der Waals surface area contributed by atoms with Crippen molar-refractivity contribution < 1.29 is 18.7 Å². The van der Waals surface area contributed by atoms with Crippen LogP contribution in [0.3, 0.4) is 0 Å². The summed E-state index contributed by atoms with van der Waals surface area (Å²) in [7, 11) is 0. The molecule has 1 aromatic carbocycles. The molecular formula is C15H22FNO3. The fourth-order valence-electron chi connectivity index (χ4n) is 1.79. The summed E-state index contributed by atoms with van der Waals surface area (Å²) in [5.41, 5.74) is 2.09. The molecule has 5 heteroatoms. The van der Waals surface area contributed by atoms with Gasteiger partial charge in [0.15, 0.2) is 0 Å². The van der Waals surface area contributed by atoms with Gasteiger partial charge >= 0.3 is 5.97 Å². The molecule has 0 amide bonds. The largest absolute Gasteiger partial charge is 0.464 e. The van der Waals surface area contributed by atoms with Gasteiger partial charge in [-0.1, -0.05) is 6.07 Å². The molecule has 0 atom stereocenters. The quantitative estimate of drug-likeness (QED) is 0.555. The molecule has 1 rings (SSSR count). The molecule has 1 N–H and O–H groups in total. The van der Waals surface area contributed by atoms with Crippen molar-refractivity contribution in [3.63, 3.8) is 0 Å². The number of halogens is 1. The lowest BCUT2D eigenvalue weighted by atomic mass is 10.1. The van der Waals surface area contributed by atoms with Crippen LogP contribution in [0.2, 0.25) is 0 Å². The van der Waals surface area contributed by atoms with Crippen LogP contribution in [-0.4, -0.2) is 38.9 Å². The van der Waals surface area contributed by atoms with Crippen molar-refractivity contribution in [2.45, 2.75) is 20.3 Å². The van der Waals surface area contributed by atoms with Gasteiger partial charge in [0.25, 0.3) is 0 Å². The highest BCUT2D eigenvalue weighted by Crippen LogP contribution is 2.10. The number of carbonyl (C=O) groups excluding carboxylic acids is 1. The Labute approximate surface area is 119 Å². The van der Waals surface area contributed by atoms with E-state index in [-0.39, 0.29) is 18.4 Å². The number of aryl methyl sites for hydroxylation is 1. The molecule has 0 spiro atoms. The molecule has 0 saturated heterocycles. The first-order valence-electron chi connectivity index (χ1n) is 6.82. The summed E-state index contributed by atoms with van der Waals surface area (Å²) in [5.74, 6) is -0.541. The highest BCUT2D eigenvalue weighted by atomic mass is 19.1. The summed E-state index contributed by atoms with van der Waals surface area (Å²) >= 11 is 0. The maximum absolute atomic E-state index is 12.9. The maximum Gasteiger partial charge on any atom is 0.332 e. The van der Waals surface area contributed by atoms with Crippen LogP contribution in [0, 0.1) is 12.7 Å². The molecule has 0 aliphatic rings. The van der Waals surface area contributed by atoms with E-state index in [2.05, 4.69) is 5.32 Å². The molecule has 0 aliphatic heterocycles. The Morgan fingerprint density at radius 2 is 2.15 bits per heavy atom. The Morgan fingerprint density at radius 1 is 1.35 bits per heavy atom. The van der Waals surface area contributed by atoms with Gasteiger partial charge in [-0.05, 0) is 50.1 Å². The maximum atomic E-state index is 12.9. The third-order valence-corrected chi connectivity index (χ3v) is 2.82. The van der Waals surface area contributed by atoms with E-state index in [9.17, 15) is 9.18 Å². The predicted octanol–water partition coefficient (Wildman–Crippen LogP) is 1.85. The van der Waals surface area contributed by atoms with Gasteiger partial charge in [0, 0.05) is 6.54 Å². The fraction of sp³-hybridized carbons (Fsp3) is 0.533. The van der Waals surface area contributed by atoms with E-state index in [1.807, 2.05) is 13.0 Å². The van der Waals surface area contributed by atoms with Gasteiger partial charge in [0.05, 0.1) is 13.2 Å². The lowest BCUT2D eigenvalue weighted by Crippen LogP contribution is -2.24. The van der Waals surface area contributed by atoms with Gasteiger partial charge < -0.3 is 14.8 Å². The Kier molecular flexibility index (Phi) is 7.84. The number of benzene rings is 1. The first kappa shape index (κ1) is 16.6. The minimum atomic E-state index is -0.338. The molecule has 112 valence electrons. The highest BCUT2D eigenvalue weighted by Gasteiger charge is 2.01. The normalized spacial score (nSPS) is 10.6. The lowest BCUT2D eigenvalue weighted by molar-refractivity contribution is -0.148. The van der Waals surface area contributed by atoms with Crippen molar-refractivity contribution in [2.24, 2.45) is 0 Å². The zero-order valence-electron chi connectivity index (χ0n) is 12.1. The number of rotatable bonds is 9. The number of hydrogen-bond donors (Lipinski definition) is 1. The molecule has 0 radical (unpaired) electrons. The van der Waals surface area contributed by atoms with Crippen LogP contribution in [0.15, 0.2) is 18.2 Å². The van der Waals surface area contributed by atoms with Gasteiger partial charge in [0.2, 0.25) is 0 Å². The van der Waals surface area contributed by atoms with E-state index in [4.69, 9.17) is 9.47 Å². The van der Waals surface area contributed by atoms with Crippen molar-refractivity contribution in [3.05, 3.63) is 35.1 Å². The van der Waals surface area contributed by atoms with E-state index >= 15 is 0 Å². The summed E-state index contributed by atoms with van der Waals surface area (Å²) in [6.07, 6.45) is 0.837. The molecule has 1 aromatic rings. The summed E-state index contributed by atoms with van der Waals surface area (Å²) in [6.45, 7) is 5.94. The van der Waals surface area contributed by atoms with E-state index in [1.165, 1.54) is 12.1 Å². The van der Waals surface area contributed by atoms with Crippen LogP contribution in [-0.2, 0) is 20.7 Å². The van der Waals surface area contributed by atoms with E-state index in [1.54, 1.807) is 6.92 Å². The first-order chi connectivity index (χ1) is 9.63. The predicted molar refractivity (Wildman–Crippen MR) is 75.2 cm³/mol. The third-order valence-electron chi connectivity index (χ3n) is 2.82.